The number of hydrogen-bond acceptors (Lipinski definition) is 3. The van der Waals surface area contributed by atoms with E-state index in [9.17, 15) is 4.79 Å². The first-order valence-corrected chi connectivity index (χ1v) is 7.65. The quantitative estimate of drug-likeness (QED) is 0.870. The van der Waals surface area contributed by atoms with Crippen molar-refractivity contribution in [3.8, 4) is 0 Å². The van der Waals surface area contributed by atoms with Crippen LogP contribution in [-0.2, 0) is 6.42 Å². The Bertz CT molecular complexity index is 692. The summed E-state index contributed by atoms with van der Waals surface area (Å²) in [6, 6.07) is 5.42. The largest absolute Gasteiger partial charge is 0.330 e. The van der Waals surface area contributed by atoms with Crippen molar-refractivity contribution in [3.05, 3.63) is 47.4 Å². The third-order valence-corrected chi connectivity index (χ3v) is 4.19. The molecule has 1 fully saturated rings. The average Bonchev–Trinajstić information content (AvgIpc) is 2.82. The van der Waals surface area contributed by atoms with E-state index < -0.39 is 0 Å². The monoisotopic (exact) mass is 316 g/mol. The highest BCUT2D eigenvalue weighted by atomic mass is 35.5. The van der Waals surface area contributed by atoms with Gasteiger partial charge in [0.05, 0.1) is 17.9 Å². The smallest absolute Gasteiger partial charge is 0.288 e. The summed E-state index contributed by atoms with van der Waals surface area (Å²) in [6.07, 6.45) is 5.76. The predicted octanol–water partition coefficient (Wildman–Crippen LogP) is 3.53. The maximum Gasteiger partial charge on any atom is 0.330 e. The summed E-state index contributed by atoms with van der Waals surface area (Å²) < 4.78 is 0. The number of amides is 2. The predicted molar refractivity (Wildman–Crippen MR) is 87.5 cm³/mol. The van der Waals surface area contributed by atoms with Crippen molar-refractivity contribution in [3.63, 3.8) is 0 Å². The van der Waals surface area contributed by atoms with Crippen molar-refractivity contribution in [2.45, 2.75) is 26.3 Å². The van der Waals surface area contributed by atoms with Crippen molar-refractivity contribution in [2.24, 2.45) is 0 Å². The Morgan fingerprint density at radius 3 is 2.86 bits per heavy atom. The van der Waals surface area contributed by atoms with Gasteiger partial charge >= 0.3 is 6.03 Å². The van der Waals surface area contributed by atoms with Crippen molar-refractivity contribution >= 4 is 29.1 Å². The van der Waals surface area contributed by atoms with E-state index in [1.807, 2.05) is 26.0 Å². The Balaban J connectivity index is 1.98. The summed E-state index contributed by atoms with van der Waals surface area (Å²) in [4.78, 5) is 24.8. The van der Waals surface area contributed by atoms with Gasteiger partial charge in [0.15, 0.2) is 0 Å². The summed E-state index contributed by atoms with van der Waals surface area (Å²) in [7, 11) is 0. The number of anilines is 2. The molecule has 2 amide bonds. The molecule has 1 aliphatic rings. The highest BCUT2D eigenvalue weighted by Gasteiger charge is 2.38. The van der Waals surface area contributed by atoms with Crippen LogP contribution in [0.25, 0.3) is 0 Å². The second-order valence-corrected chi connectivity index (χ2v) is 5.68. The van der Waals surface area contributed by atoms with E-state index in [0.717, 1.165) is 17.7 Å². The number of carbonyl (C=O) groups is 1. The molecule has 0 spiro atoms. The number of urea groups is 1. The van der Waals surface area contributed by atoms with Gasteiger partial charge in [-0.15, -0.1) is 0 Å². The SMILES string of the molecule is CCc1c(Cl)ccnc1N1C[C@H](C)N(c2cccnc2)C1=O. The first-order chi connectivity index (χ1) is 10.6. The van der Waals surface area contributed by atoms with Crippen molar-refractivity contribution in [1.29, 1.82) is 0 Å². The lowest BCUT2D eigenvalue weighted by Gasteiger charge is -2.21. The van der Waals surface area contributed by atoms with Crippen LogP contribution in [0.3, 0.4) is 0 Å². The fraction of sp³-hybridized carbons (Fsp3) is 0.312. The summed E-state index contributed by atoms with van der Waals surface area (Å²) in [5.74, 6) is 0.651. The van der Waals surface area contributed by atoms with E-state index in [1.54, 1.807) is 34.5 Å². The molecule has 0 unspecified atom stereocenters. The van der Waals surface area contributed by atoms with E-state index in [4.69, 9.17) is 11.6 Å². The third kappa shape index (κ3) is 2.41. The molecule has 2 aromatic rings. The topological polar surface area (TPSA) is 49.3 Å². The number of carbonyl (C=O) groups excluding carboxylic acids is 1. The van der Waals surface area contributed by atoms with Crippen LogP contribution in [0, 0.1) is 0 Å². The summed E-state index contributed by atoms with van der Waals surface area (Å²) >= 11 is 6.24. The van der Waals surface area contributed by atoms with E-state index in [0.29, 0.717) is 17.4 Å². The summed E-state index contributed by atoms with van der Waals surface area (Å²) in [5.41, 5.74) is 1.69. The zero-order chi connectivity index (χ0) is 15.7. The average molecular weight is 317 g/mol. The minimum absolute atomic E-state index is 0.0437. The first kappa shape index (κ1) is 14.8. The Morgan fingerprint density at radius 2 is 2.18 bits per heavy atom. The molecule has 1 aliphatic heterocycles. The number of halogens is 1. The van der Waals surface area contributed by atoms with Crippen LogP contribution in [-0.4, -0.2) is 28.6 Å². The van der Waals surface area contributed by atoms with Crippen molar-refractivity contribution in [1.82, 2.24) is 9.97 Å². The van der Waals surface area contributed by atoms with Gasteiger partial charge < -0.3 is 0 Å². The van der Waals surface area contributed by atoms with E-state index in [-0.39, 0.29) is 12.1 Å². The maximum atomic E-state index is 12.8. The minimum Gasteiger partial charge on any atom is -0.288 e. The molecular weight excluding hydrogens is 300 g/mol. The molecule has 0 saturated carbocycles. The Morgan fingerprint density at radius 1 is 1.36 bits per heavy atom. The highest BCUT2D eigenvalue weighted by molar-refractivity contribution is 6.31. The van der Waals surface area contributed by atoms with Crippen LogP contribution in [0.15, 0.2) is 36.8 Å². The first-order valence-electron chi connectivity index (χ1n) is 7.27. The van der Waals surface area contributed by atoms with Crippen LogP contribution in [0.4, 0.5) is 16.3 Å². The zero-order valence-electron chi connectivity index (χ0n) is 12.5. The minimum atomic E-state index is -0.0926. The van der Waals surface area contributed by atoms with Crippen LogP contribution < -0.4 is 9.80 Å². The summed E-state index contributed by atoms with van der Waals surface area (Å²) in [6.45, 7) is 4.60. The lowest BCUT2D eigenvalue weighted by Crippen LogP contribution is -2.34. The van der Waals surface area contributed by atoms with Gasteiger partial charge in [-0.1, -0.05) is 18.5 Å². The van der Waals surface area contributed by atoms with Crippen molar-refractivity contribution < 1.29 is 4.79 Å². The molecule has 3 heterocycles. The fourth-order valence-electron chi connectivity index (χ4n) is 2.80. The molecule has 114 valence electrons. The molecule has 1 saturated heterocycles. The Kier molecular flexibility index (Phi) is 3.98. The van der Waals surface area contributed by atoms with Gasteiger partial charge in [-0.25, -0.2) is 9.78 Å². The molecule has 0 aliphatic carbocycles. The highest BCUT2D eigenvalue weighted by Crippen LogP contribution is 2.31. The van der Waals surface area contributed by atoms with E-state index in [1.165, 1.54) is 0 Å². The van der Waals surface area contributed by atoms with Gasteiger partial charge in [0.25, 0.3) is 0 Å². The molecule has 1 atom stereocenters. The van der Waals surface area contributed by atoms with Crippen LogP contribution in [0.5, 0.6) is 0 Å². The third-order valence-electron chi connectivity index (χ3n) is 3.83. The molecule has 0 bridgehead atoms. The van der Waals surface area contributed by atoms with Gasteiger partial charge in [0.2, 0.25) is 0 Å². The maximum absolute atomic E-state index is 12.8. The van der Waals surface area contributed by atoms with Gasteiger partial charge in [-0.05, 0) is 31.5 Å². The number of pyridine rings is 2. The fourth-order valence-corrected chi connectivity index (χ4v) is 3.07. The number of rotatable bonds is 3. The standard InChI is InChI=1S/C16H17ClN4O/c1-3-13-14(17)6-8-19-15(13)20-10-11(2)21(16(20)22)12-5-4-7-18-9-12/h4-9,11H,3,10H2,1-2H3/t11-/m0/s1. The van der Waals surface area contributed by atoms with Gasteiger partial charge in [0.1, 0.15) is 5.82 Å². The molecule has 0 aromatic carbocycles. The van der Waals surface area contributed by atoms with Gasteiger partial charge in [-0.2, -0.15) is 0 Å². The van der Waals surface area contributed by atoms with Gasteiger partial charge in [0, 0.05) is 29.5 Å². The lowest BCUT2D eigenvalue weighted by molar-refractivity contribution is 0.255. The van der Waals surface area contributed by atoms with E-state index in [2.05, 4.69) is 9.97 Å². The van der Waals surface area contributed by atoms with E-state index >= 15 is 0 Å². The Hall–Kier alpha value is -2.14. The molecule has 0 N–H and O–H groups in total. The molecule has 0 radical (unpaired) electrons. The number of hydrogen-bond donors (Lipinski definition) is 0. The van der Waals surface area contributed by atoms with Gasteiger partial charge in [-0.3, -0.25) is 14.8 Å². The second-order valence-electron chi connectivity index (χ2n) is 5.27. The molecule has 5 nitrogen and oxygen atoms in total. The number of nitrogens with zero attached hydrogens (tertiary/aromatic N) is 4. The normalized spacial score (nSPS) is 18.1. The lowest BCUT2D eigenvalue weighted by atomic mass is 10.2. The number of aromatic nitrogens is 2. The zero-order valence-corrected chi connectivity index (χ0v) is 13.3. The molecule has 2 aromatic heterocycles. The van der Waals surface area contributed by atoms with Crippen molar-refractivity contribution in [2.75, 3.05) is 16.3 Å². The molecule has 3 rings (SSSR count). The molecule has 6 heteroatoms. The van der Waals surface area contributed by atoms with Crippen LogP contribution in [0.2, 0.25) is 5.02 Å². The Labute approximate surface area is 134 Å². The second kappa shape index (κ2) is 5.93. The van der Waals surface area contributed by atoms with Crippen LogP contribution in [0.1, 0.15) is 19.4 Å². The molecular formula is C16H17ClN4O. The summed E-state index contributed by atoms with van der Waals surface area (Å²) in [5, 5.41) is 0.646. The van der Waals surface area contributed by atoms with Crippen LogP contribution >= 0.6 is 11.6 Å². The molecule has 22 heavy (non-hydrogen) atoms.